The number of piperidine rings is 1. The number of aliphatic hydroxyl groups excluding tert-OH is 1. The zero-order valence-electron chi connectivity index (χ0n) is 12.0. The Bertz CT molecular complexity index is 531. The number of rotatable bonds is 3. The van der Waals surface area contributed by atoms with E-state index in [4.69, 9.17) is 16.3 Å². The van der Waals surface area contributed by atoms with E-state index in [-0.39, 0.29) is 13.0 Å². The predicted octanol–water partition coefficient (Wildman–Crippen LogP) is 1.78. The summed E-state index contributed by atoms with van der Waals surface area (Å²) >= 11 is 5.86. The van der Waals surface area contributed by atoms with E-state index in [2.05, 4.69) is 0 Å². The van der Waals surface area contributed by atoms with Gasteiger partial charge >= 0.3 is 5.97 Å². The Labute approximate surface area is 128 Å². The Kier molecular flexibility index (Phi) is 4.85. The summed E-state index contributed by atoms with van der Waals surface area (Å²) in [6, 6.07) is 6.94. The van der Waals surface area contributed by atoms with Gasteiger partial charge in [-0.2, -0.15) is 0 Å². The van der Waals surface area contributed by atoms with Gasteiger partial charge in [-0.05, 0) is 24.6 Å². The maximum absolute atomic E-state index is 12.3. The highest BCUT2D eigenvalue weighted by Gasteiger charge is 2.45. The molecule has 1 saturated heterocycles. The molecule has 0 bridgehead atoms. The van der Waals surface area contributed by atoms with Crippen molar-refractivity contribution >= 4 is 23.5 Å². The Morgan fingerprint density at radius 3 is 2.62 bits per heavy atom. The highest BCUT2D eigenvalue weighted by Crippen LogP contribution is 2.36. The minimum absolute atomic E-state index is 0.211. The fourth-order valence-corrected chi connectivity index (χ4v) is 2.72. The summed E-state index contributed by atoms with van der Waals surface area (Å²) in [5, 5.41) is 10.6. The van der Waals surface area contributed by atoms with E-state index in [1.165, 1.54) is 11.9 Å². The van der Waals surface area contributed by atoms with Crippen molar-refractivity contribution in [2.75, 3.05) is 13.7 Å². The standard InChI is InChI=1S/C15H18ClNO4/c1-3-21-15(20)13-11(8-12(18)17(2)14(13)19)9-4-6-10(16)7-5-9/h4-7,11-13,18H,3,8H2,1-2H3/t11-,12+,13-/m0/s1. The molecule has 5 nitrogen and oxygen atoms in total. The van der Waals surface area contributed by atoms with Crippen LogP contribution >= 0.6 is 11.6 Å². The molecule has 0 radical (unpaired) electrons. The Morgan fingerprint density at radius 2 is 2.05 bits per heavy atom. The molecule has 0 saturated carbocycles. The van der Waals surface area contributed by atoms with Crippen LogP contribution in [0.5, 0.6) is 0 Å². The second-order valence-corrected chi connectivity index (χ2v) is 5.49. The van der Waals surface area contributed by atoms with Crippen molar-refractivity contribution in [3.8, 4) is 0 Å². The normalized spacial score (nSPS) is 25.8. The summed E-state index contributed by atoms with van der Waals surface area (Å²) in [4.78, 5) is 25.7. The third kappa shape index (κ3) is 3.19. The molecule has 1 aromatic carbocycles. The lowest BCUT2D eigenvalue weighted by Gasteiger charge is -2.38. The Balaban J connectivity index is 2.36. The van der Waals surface area contributed by atoms with Gasteiger partial charge in [0.05, 0.1) is 6.61 Å². The lowest BCUT2D eigenvalue weighted by Crippen LogP contribution is -2.51. The van der Waals surface area contributed by atoms with Gasteiger partial charge in [0.15, 0.2) is 0 Å². The smallest absolute Gasteiger partial charge is 0.319 e. The number of ether oxygens (including phenoxy) is 1. The SMILES string of the molecule is CCOC(=O)[C@@H]1C(=O)N(C)[C@H](O)C[C@H]1c1ccc(Cl)cc1. The Morgan fingerprint density at radius 1 is 1.43 bits per heavy atom. The average Bonchev–Trinajstić information content (AvgIpc) is 2.45. The third-order valence-corrected chi connectivity index (χ3v) is 4.02. The zero-order valence-corrected chi connectivity index (χ0v) is 12.7. The molecule has 1 aliphatic heterocycles. The van der Waals surface area contributed by atoms with Gasteiger partial charge in [0.1, 0.15) is 12.1 Å². The number of nitrogens with zero attached hydrogens (tertiary/aromatic N) is 1. The number of benzene rings is 1. The highest BCUT2D eigenvalue weighted by molar-refractivity contribution is 6.30. The number of halogens is 1. The first-order chi connectivity index (χ1) is 9.95. The van der Waals surface area contributed by atoms with Crippen LogP contribution in [0.25, 0.3) is 0 Å². The van der Waals surface area contributed by atoms with Gasteiger partial charge in [-0.1, -0.05) is 23.7 Å². The average molecular weight is 312 g/mol. The van der Waals surface area contributed by atoms with Gasteiger partial charge in [0.2, 0.25) is 5.91 Å². The Hall–Kier alpha value is -1.59. The molecule has 1 amide bonds. The minimum atomic E-state index is -0.931. The van der Waals surface area contributed by atoms with E-state index in [0.29, 0.717) is 5.02 Å². The van der Waals surface area contributed by atoms with Gasteiger partial charge < -0.3 is 14.7 Å². The topological polar surface area (TPSA) is 66.8 Å². The van der Waals surface area contributed by atoms with Crippen molar-refractivity contribution in [3.63, 3.8) is 0 Å². The summed E-state index contributed by atoms with van der Waals surface area (Å²) in [5.41, 5.74) is 0.790. The van der Waals surface area contributed by atoms with E-state index >= 15 is 0 Å². The van der Waals surface area contributed by atoms with E-state index in [1.807, 2.05) is 0 Å². The molecule has 21 heavy (non-hydrogen) atoms. The molecule has 1 heterocycles. The first-order valence-corrected chi connectivity index (χ1v) is 7.20. The second kappa shape index (κ2) is 6.45. The van der Waals surface area contributed by atoms with E-state index < -0.39 is 29.9 Å². The number of hydrogen-bond donors (Lipinski definition) is 1. The summed E-state index contributed by atoms with van der Waals surface area (Å²) in [6.45, 7) is 1.91. The quantitative estimate of drug-likeness (QED) is 0.682. The molecule has 3 atom stereocenters. The summed E-state index contributed by atoms with van der Waals surface area (Å²) in [7, 11) is 1.48. The molecule has 1 fully saturated rings. The van der Waals surface area contributed by atoms with Crippen molar-refractivity contribution in [2.45, 2.75) is 25.5 Å². The van der Waals surface area contributed by atoms with Crippen molar-refractivity contribution in [2.24, 2.45) is 5.92 Å². The predicted molar refractivity (Wildman–Crippen MR) is 77.7 cm³/mol. The number of likely N-dealkylation sites (tertiary alicyclic amines) is 1. The van der Waals surface area contributed by atoms with Gasteiger partial charge in [-0.15, -0.1) is 0 Å². The van der Waals surface area contributed by atoms with Crippen molar-refractivity contribution < 1.29 is 19.4 Å². The van der Waals surface area contributed by atoms with E-state index in [0.717, 1.165) is 5.56 Å². The fraction of sp³-hybridized carbons (Fsp3) is 0.467. The summed E-state index contributed by atoms with van der Waals surface area (Å²) in [6.07, 6.45) is -0.628. The van der Waals surface area contributed by atoms with Gasteiger partial charge in [-0.3, -0.25) is 9.59 Å². The molecular weight excluding hydrogens is 294 g/mol. The fourth-order valence-electron chi connectivity index (χ4n) is 2.60. The molecule has 0 spiro atoms. The first-order valence-electron chi connectivity index (χ1n) is 6.82. The molecule has 1 aliphatic rings. The largest absolute Gasteiger partial charge is 0.465 e. The third-order valence-electron chi connectivity index (χ3n) is 3.77. The maximum atomic E-state index is 12.3. The molecule has 2 rings (SSSR count). The van der Waals surface area contributed by atoms with Crippen molar-refractivity contribution in [1.29, 1.82) is 0 Å². The number of amides is 1. The van der Waals surface area contributed by atoms with Crippen LogP contribution < -0.4 is 0 Å². The van der Waals surface area contributed by atoms with Crippen LogP contribution in [-0.4, -0.2) is 41.8 Å². The molecule has 0 unspecified atom stereocenters. The molecule has 114 valence electrons. The van der Waals surface area contributed by atoms with Crippen LogP contribution in [0.1, 0.15) is 24.8 Å². The van der Waals surface area contributed by atoms with Crippen LogP contribution in [0.15, 0.2) is 24.3 Å². The van der Waals surface area contributed by atoms with Crippen molar-refractivity contribution in [1.82, 2.24) is 4.90 Å². The van der Waals surface area contributed by atoms with Gasteiger partial charge in [0.25, 0.3) is 0 Å². The summed E-state index contributed by atoms with van der Waals surface area (Å²) in [5.74, 6) is -2.33. The number of hydrogen-bond acceptors (Lipinski definition) is 4. The maximum Gasteiger partial charge on any atom is 0.319 e. The molecule has 0 aliphatic carbocycles. The molecule has 1 aromatic rings. The van der Waals surface area contributed by atoms with E-state index in [1.54, 1.807) is 31.2 Å². The molecule has 6 heteroatoms. The van der Waals surface area contributed by atoms with E-state index in [9.17, 15) is 14.7 Å². The van der Waals surface area contributed by atoms with Gasteiger partial charge in [-0.25, -0.2) is 0 Å². The number of carbonyl (C=O) groups is 2. The van der Waals surface area contributed by atoms with Crippen LogP contribution in [0, 0.1) is 5.92 Å². The lowest BCUT2D eigenvalue weighted by molar-refractivity contribution is -0.166. The van der Waals surface area contributed by atoms with Crippen LogP contribution in [0.3, 0.4) is 0 Å². The number of esters is 1. The molecule has 0 aromatic heterocycles. The second-order valence-electron chi connectivity index (χ2n) is 5.05. The molecular formula is C15H18ClNO4. The summed E-state index contributed by atoms with van der Waals surface area (Å²) < 4.78 is 5.02. The lowest BCUT2D eigenvalue weighted by atomic mass is 9.79. The zero-order chi connectivity index (χ0) is 15.6. The van der Waals surface area contributed by atoms with Crippen LogP contribution in [-0.2, 0) is 14.3 Å². The van der Waals surface area contributed by atoms with Crippen LogP contribution in [0.2, 0.25) is 5.02 Å². The van der Waals surface area contributed by atoms with Gasteiger partial charge in [0, 0.05) is 24.4 Å². The first kappa shape index (κ1) is 15.8. The van der Waals surface area contributed by atoms with Crippen molar-refractivity contribution in [3.05, 3.63) is 34.9 Å². The number of carbonyl (C=O) groups excluding carboxylic acids is 2. The monoisotopic (exact) mass is 311 g/mol. The highest BCUT2D eigenvalue weighted by atomic mass is 35.5. The molecule has 1 N–H and O–H groups in total. The number of aliphatic hydroxyl groups is 1. The van der Waals surface area contributed by atoms with Crippen LogP contribution in [0.4, 0.5) is 0 Å². The minimum Gasteiger partial charge on any atom is -0.465 e.